The van der Waals surface area contributed by atoms with Gasteiger partial charge in [0.2, 0.25) is 0 Å². The van der Waals surface area contributed by atoms with E-state index in [0.29, 0.717) is 5.71 Å². The van der Waals surface area contributed by atoms with E-state index in [4.69, 9.17) is 5.41 Å². The van der Waals surface area contributed by atoms with Crippen molar-refractivity contribution in [1.29, 1.82) is 5.41 Å². The summed E-state index contributed by atoms with van der Waals surface area (Å²) in [6.07, 6.45) is 0. The van der Waals surface area contributed by atoms with Gasteiger partial charge in [-0.05, 0) is 23.1 Å². The molecule has 1 heteroatoms. The summed E-state index contributed by atoms with van der Waals surface area (Å²) in [5.74, 6) is 0. The average Bonchev–Trinajstić information content (AvgIpc) is 2.38. The van der Waals surface area contributed by atoms with Gasteiger partial charge < -0.3 is 0 Å². The highest BCUT2D eigenvalue weighted by Gasteiger charge is 2.15. The van der Waals surface area contributed by atoms with E-state index in [1.54, 1.807) is 0 Å². The van der Waals surface area contributed by atoms with Crippen molar-refractivity contribution in [3.8, 4) is 0 Å². The van der Waals surface area contributed by atoms with Crippen LogP contribution in [0, 0.1) is 11.5 Å². The molecule has 2 aromatic rings. The summed E-state index contributed by atoms with van der Waals surface area (Å²) in [4.78, 5) is 0. The maximum Gasteiger partial charge on any atom is 0.0690 e. The monoisotopic (exact) mass is 236 g/mol. The molecule has 0 spiro atoms. The Bertz CT molecular complexity index is 547. The van der Waals surface area contributed by atoms with Crippen molar-refractivity contribution in [2.75, 3.05) is 0 Å². The quantitative estimate of drug-likeness (QED) is 0.756. The van der Waals surface area contributed by atoms with Gasteiger partial charge in [-0.3, -0.25) is 5.41 Å². The Hall–Kier alpha value is -1.89. The summed E-state index contributed by atoms with van der Waals surface area (Å²) in [7, 11) is 0. The predicted octanol–water partition coefficient (Wildman–Crippen LogP) is 4.20. The zero-order valence-corrected chi connectivity index (χ0v) is 11.1. The Balaban J connectivity index is 2.38. The molecule has 0 amide bonds. The highest BCUT2D eigenvalue weighted by atomic mass is 14.4. The number of hydrogen-bond donors (Lipinski definition) is 1. The van der Waals surface area contributed by atoms with Crippen LogP contribution in [0.2, 0.25) is 0 Å². The van der Waals surface area contributed by atoms with Crippen molar-refractivity contribution in [2.24, 2.45) is 0 Å². The van der Waals surface area contributed by atoms with E-state index in [9.17, 15) is 0 Å². The number of hydrogen-bond acceptors (Lipinski definition) is 1. The Morgan fingerprint density at radius 3 is 2.33 bits per heavy atom. The first kappa shape index (κ1) is 12.6. The molecule has 0 aliphatic heterocycles. The standard InChI is InChI=1S/C17H18N/c1-17(2,3)15-11-7-10-14(12-15)16(18)13-8-5-4-6-9-13/h4-9,11-12,18H,1-3H3. The molecule has 0 heterocycles. The Labute approximate surface area is 109 Å². The molecule has 2 rings (SSSR count). The van der Waals surface area contributed by atoms with E-state index in [-0.39, 0.29) is 5.41 Å². The van der Waals surface area contributed by atoms with Crippen LogP contribution < -0.4 is 0 Å². The van der Waals surface area contributed by atoms with Crippen LogP contribution in [0.4, 0.5) is 0 Å². The molecule has 0 bridgehead atoms. The lowest BCUT2D eigenvalue weighted by molar-refractivity contribution is 0.590. The Morgan fingerprint density at radius 1 is 1.06 bits per heavy atom. The summed E-state index contributed by atoms with van der Waals surface area (Å²) < 4.78 is 0. The van der Waals surface area contributed by atoms with Crippen LogP contribution in [0.5, 0.6) is 0 Å². The summed E-state index contributed by atoms with van der Waals surface area (Å²) >= 11 is 0. The molecule has 1 radical (unpaired) electrons. The van der Waals surface area contributed by atoms with Gasteiger partial charge in [0.15, 0.2) is 0 Å². The fourth-order valence-corrected chi connectivity index (χ4v) is 1.84. The Kier molecular flexibility index (Phi) is 3.33. The summed E-state index contributed by atoms with van der Waals surface area (Å²) in [6.45, 7) is 6.54. The fraction of sp³-hybridized carbons (Fsp3) is 0.235. The van der Waals surface area contributed by atoms with Crippen LogP contribution in [-0.2, 0) is 5.41 Å². The van der Waals surface area contributed by atoms with Crippen molar-refractivity contribution in [3.63, 3.8) is 0 Å². The second kappa shape index (κ2) is 4.77. The van der Waals surface area contributed by atoms with Crippen LogP contribution >= 0.6 is 0 Å². The molecule has 0 atom stereocenters. The molecule has 0 saturated carbocycles. The molecule has 91 valence electrons. The van der Waals surface area contributed by atoms with E-state index >= 15 is 0 Å². The van der Waals surface area contributed by atoms with Crippen molar-refractivity contribution < 1.29 is 0 Å². The lowest BCUT2D eigenvalue weighted by Gasteiger charge is -2.19. The van der Waals surface area contributed by atoms with Gasteiger partial charge in [-0.1, -0.05) is 63.2 Å². The molecule has 0 aromatic heterocycles. The highest BCUT2D eigenvalue weighted by molar-refractivity contribution is 6.10. The van der Waals surface area contributed by atoms with Crippen LogP contribution in [0.15, 0.2) is 48.5 Å². The second-order valence-corrected chi connectivity index (χ2v) is 5.48. The van der Waals surface area contributed by atoms with Gasteiger partial charge in [0.25, 0.3) is 0 Å². The molecule has 1 N–H and O–H groups in total. The van der Waals surface area contributed by atoms with E-state index in [0.717, 1.165) is 11.1 Å². The highest BCUT2D eigenvalue weighted by Crippen LogP contribution is 2.23. The molecule has 2 aromatic carbocycles. The zero-order chi connectivity index (χ0) is 13.2. The summed E-state index contributed by atoms with van der Waals surface area (Å²) in [5.41, 5.74) is 3.65. The van der Waals surface area contributed by atoms with Crippen LogP contribution in [-0.4, -0.2) is 5.71 Å². The van der Waals surface area contributed by atoms with Gasteiger partial charge >= 0.3 is 0 Å². The third kappa shape index (κ3) is 2.67. The van der Waals surface area contributed by atoms with E-state index in [2.05, 4.69) is 39.0 Å². The second-order valence-electron chi connectivity index (χ2n) is 5.48. The maximum absolute atomic E-state index is 8.24. The SMILES string of the molecule is CC(C)(C)c1cc[c]c(C(=N)c2ccccc2)c1. The molecule has 0 aliphatic rings. The van der Waals surface area contributed by atoms with Gasteiger partial charge in [0.05, 0.1) is 5.71 Å². The molecule has 0 unspecified atom stereocenters. The first-order valence-corrected chi connectivity index (χ1v) is 6.15. The van der Waals surface area contributed by atoms with E-state index in [1.165, 1.54) is 5.56 Å². The van der Waals surface area contributed by atoms with Gasteiger partial charge in [-0.2, -0.15) is 0 Å². The third-order valence-corrected chi connectivity index (χ3v) is 3.00. The minimum atomic E-state index is 0.0980. The minimum absolute atomic E-state index is 0.0980. The Morgan fingerprint density at radius 2 is 1.72 bits per heavy atom. The lowest BCUT2D eigenvalue weighted by Crippen LogP contribution is -2.12. The smallest absolute Gasteiger partial charge is 0.0690 e. The molecule has 18 heavy (non-hydrogen) atoms. The lowest BCUT2D eigenvalue weighted by atomic mass is 9.85. The summed E-state index contributed by atoms with van der Waals surface area (Å²) in [6, 6.07) is 19.0. The normalized spacial score (nSPS) is 11.3. The van der Waals surface area contributed by atoms with E-state index < -0.39 is 0 Å². The fourth-order valence-electron chi connectivity index (χ4n) is 1.84. The number of nitrogens with one attached hydrogen (secondary N) is 1. The molecular formula is C17H18N. The van der Waals surface area contributed by atoms with Crippen LogP contribution in [0.1, 0.15) is 37.5 Å². The number of rotatable bonds is 2. The van der Waals surface area contributed by atoms with E-state index in [1.807, 2.05) is 36.4 Å². The van der Waals surface area contributed by atoms with Crippen molar-refractivity contribution in [3.05, 3.63) is 71.3 Å². The van der Waals surface area contributed by atoms with Crippen LogP contribution in [0.3, 0.4) is 0 Å². The van der Waals surface area contributed by atoms with Gasteiger partial charge in [0.1, 0.15) is 0 Å². The minimum Gasteiger partial charge on any atom is -0.300 e. The molecular weight excluding hydrogens is 218 g/mol. The topological polar surface area (TPSA) is 23.9 Å². The largest absolute Gasteiger partial charge is 0.300 e. The first-order valence-electron chi connectivity index (χ1n) is 6.15. The summed E-state index contributed by atoms with van der Waals surface area (Å²) in [5, 5.41) is 8.24. The first-order chi connectivity index (χ1) is 8.48. The maximum atomic E-state index is 8.24. The van der Waals surface area contributed by atoms with Gasteiger partial charge in [-0.25, -0.2) is 0 Å². The van der Waals surface area contributed by atoms with Crippen molar-refractivity contribution >= 4 is 5.71 Å². The molecule has 0 aliphatic carbocycles. The zero-order valence-electron chi connectivity index (χ0n) is 11.1. The van der Waals surface area contributed by atoms with Crippen LogP contribution in [0.25, 0.3) is 0 Å². The average molecular weight is 236 g/mol. The van der Waals surface area contributed by atoms with Gasteiger partial charge in [-0.15, -0.1) is 0 Å². The molecule has 0 saturated heterocycles. The van der Waals surface area contributed by atoms with Crippen molar-refractivity contribution in [2.45, 2.75) is 26.2 Å². The molecule has 1 nitrogen and oxygen atoms in total. The third-order valence-electron chi connectivity index (χ3n) is 3.00. The number of benzene rings is 2. The van der Waals surface area contributed by atoms with Gasteiger partial charge in [0, 0.05) is 11.1 Å². The molecule has 0 fully saturated rings. The van der Waals surface area contributed by atoms with Crippen molar-refractivity contribution in [1.82, 2.24) is 0 Å². The predicted molar refractivity (Wildman–Crippen MR) is 76.4 cm³/mol.